The van der Waals surface area contributed by atoms with Gasteiger partial charge in [-0.2, -0.15) is 0 Å². The van der Waals surface area contributed by atoms with Gasteiger partial charge in [-0.15, -0.1) is 12.4 Å². The third-order valence-corrected chi connectivity index (χ3v) is 4.88. The number of hydrogen-bond acceptors (Lipinski definition) is 4. The lowest BCUT2D eigenvalue weighted by Gasteiger charge is -2.36. The van der Waals surface area contributed by atoms with Gasteiger partial charge in [0.2, 0.25) is 5.91 Å². The van der Waals surface area contributed by atoms with Gasteiger partial charge in [-0.05, 0) is 31.2 Å². The third kappa shape index (κ3) is 5.24. The van der Waals surface area contributed by atoms with Crippen LogP contribution < -0.4 is 15.5 Å². The van der Waals surface area contributed by atoms with Crippen molar-refractivity contribution < 1.29 is 4.79 Å². The molecule has 134 valence electrons. The zero-order valence-corrected chi connectivity index (χ0v) is 15.4. The Labute approximate surface area is 155 Å². The van der Waals surface area contributed by atoms with Crippen LogP contribution in [0.4, 0.5) is 5.69 Å². The van der Waals surface area contributed by atoms with Crippen LogP contribution in [-0.4, -0.2) is 63.2 Å². The molecular weight excluding hydrogens is 347 g/mol. The quantitative estimate of drug-likeness (QED) is 0.744. The van der Waals surface area contributed by atoms with Crippen LogP contribution in [0.5, 0.6) is 0 Å². The molecule has 0 saturated carbocycles. The normalized spacial score (nSPS) is 18.6. The van der Waals surface area contributed by atoms with Gasteiger partial charge in [0.15, 0.2) is 0 Å². The molecule has 0 atom stereocenters. The van der Waals surface area contributed by atoms with Crippen LogP contribution in [0.2, 0.25) is 5.02 Å². The number of carbonyl (C=O) groups excluding carboxylic acids is 1. The fourth-order valence-electron chi connectivity index (χ4n) is 3.04. The van der Waals surface area contributed by atoms with E-state index in [2.05, 4.69) is 26.5 Å². The van der Waals surface area contributed by atoms with Crippen molar-refractivity contribution in [3.63, 3.8) is 0 Å². The average Bonchev–Trinajstić information content (AvgIpc) is 2.50. The summed E-state index contributed by atoms with van der Waals surface area (Å²) in [6.07, 6.45) is 1.02. The zero-order chi connectivity index (χ0) is 16.1. The Kier molecular flexibility index (Phi) is 7.62. The summed E-state index contributed by atoms with van der Waals surface area (Å²) in [5, 5.41) is 6.95. The molecule has 0 aliphatic carbocycles. The molecule has 24 heavy (non-hydrogen) atoms. The Morgan fingerprint density at radius 3 is 2.62 bits per heavy atom. The number of nitrogens with zero attached hydrogens (tertiary/aromatic N) is 2. The Hall–Kier alpha value is -1.01. The number of benzene rings is 1. The number of carbonyl (C=O) groups is 1. The van der Waals surface area contributed by atoms with E-state index < -0.39 is 0 Å². The summed E-state index contributed by atoms with van der Waals surface area (Å²) in [5.41, 5.74) is 1.21. The van der Waals surface area contributed by atoms with Crippen molar-refractivity contribution in [3.05, 3.63) is 29.3 Å². The molecule has 2 saturated heterocycles. The van der Waals surface area contributed by atoms with Crippen LogP contribution in [0, 0.1) is 5.92 Å². The lowest BCUT2D eigenvalue weighted by molar-refractivity contribution is -0.126. The molecule has 2 aliphatic heterocycles. The topological polar surface area (TPSA) is 47.6 Å². The predicted molar refractivity (Wildman–Crippen MR) is 101 cm³/mol. The van der Waals surface area contributed by atoms with Crippen LogP contribution in [0.3, 0.4) is 0 Å². The molecule has 1 aromatic carbocycles. The van der Waals surface area contributed by atoms with E-state index in [-0.39, 0.29) is 24.2 Å². The summed E-state index contributed by atoms with van der Waals surface area (Å²) < 4.78 is 0. The lowest BCUT2D eigenvalue weighted by Crippen LogP contribution is -2.51. The molecule has 0 bridgehead atoms. The zero-order valence-electron chi connectivity index (χ0n) is 13.8. The molecule has 0 unspecified atom stereocenters. The highest BCUT2D eigenvalue weighted by Gasteiger charge is 2.24. The summed E-state index contributed by atoms with van der Waals surface area (Å²) in [5.74, 6) is 0.394. The van der Waals surface area contributed by atoms with Gasteiger partial charge in [0.1, 0.15) is 0 Å². The number of halogens is 2. The molecule has 2 fully saturated rings. The number of hydrogen-bond donors (Lipinski definition) is 2. The SMILES string of the molecule is Cl.O=C(NCCCN1CCN(c2cccc(Cl)c2)CC1)C1CNC1. The molecule has 0 radical (unpaired) electrons. The summed E-state index contributed by atoms with van der Waals surface area (Å²) >= 11 is 6.06. The minimum atomic E-state index is 0. The summed E-state index contributed by atoms with van der Waals surface area (Å²) in [6.45, 7) is 7.67. The van der Waals surface area contributed by atoms with Crippen LogP contribution in [0.15, 0.2) is 24.3 Å². The Balaban J connectivity index is 0.00000208. The molecule has 2 heterocycles. The Morgan fingerprint density at radius 1 is 1.25 bits per heavy atom. The predicted octanol–water partition coefficient (Wildman–Crippen LogP) is 1.61. The van der Waals surface area contributed by atoms with E-state index in [1.165, 1.54) is 5.69 Å². The van der Waals surface area contributed by atoms with Crippen molar-refractivity contribution >= 4 is 35.6 Å². The van der Waals surface area contributed by atoms with Gasteiger partial charge in [0.25, 0.3) is 0 Å². The summed E-state index contributed by atoms with van der Waals surface area (Å²) in [4.78, 5) is 16.6. The summed E-state index contributed by atoms with van der Waals surface area (Å²) in [6, 6.07) is 8.06. The van der Waals surface area contributed by atoms with Gasteiger partial charge >= 0.3 is 0 Å². The maximum absolute atomic E-state index is 11.7. The van der Waals surface area contributed by atoms with Crippen LogP contribution >= 0.6 is 24.0 Å². The fraction of sp³-hybridized carbons (Fsp3) is 0.588. The molecule has 0 spiro atoms. The van der Waals surface area contributed by atoms with E-state index in [1.54, 1.807) is 0 Å². The van der Waals surface area contributed by atoms with Crippen molar-refractivity contribution in [2.24, 2.45) is 5.92 Å². The molecule has 7 heteroatoms. The molecule has 5 nitrogen and oxygen atoms in total. The Morgan fingerprint density at radius 2 is 2.00 bits per heavy atom. The van der Waals surface area contributed by atoms with E-state index in [4.69, 9.17) is 11.6 Å². The molecular formula is C17H26Cl2N4O. The molecule has 0 aromatic heterocycles. The smallest absolute Gasteiger partial charge is 0.225 e. The maximum atomic E-state index is 11.7. The first-order chi connectivity index (χ1) is 11.2. The highest BCUT2D eigenvalue weighted by Crippen LogP contribution is 2.20. The first-order valence-electron chi connectivity index (χ1n) is 8.44. The van der Waals surface area contributed by atoms with Gasteiger partial charge in [-0.25, -0.2) is 0 Å². The Bertz CT molecular complexity index is 531. The number of amides is 1. The van der Waals surface area contributed by atoms with Crippen molar-refractivity contribution in [3.8, 4) is 0 Å². The van der Waals surface area contributed by atoms with Gasteiger partial charge in [0, 0.05) is 56.5 Å². The molecule has 3 rings (SSSR count). The van der Waals surface area contributed by atoms with E-state index >= 15 is 0 Å². The van der Waals surface area contributed by atoms with Gasteiger partial charge in [0.05, 0.1) is 5.92 Å². The number of nitrogens with one attached hydrogen (secondary N) is 2. The number of anilines is 1. The van der Waals surface area contributed by atoms with Gasteiger partial charge < -0.3 is 15.5 Å². The first kappa shape index (κ1) is 19.3. The molecule has 2 N–H and O–H groups in total. The van der Waals surface area contributed by atoms with Crippen molar-refractivity contribution in [1.29, 1.82) is 0 Å². The largest absolute Gasteiger partial charge is 0.369 e. The second-order valence-corrected chi connectivity index (χ2v) is 6.74. The minimum Gasteiger partial charge on any atom is -0.369 e. The van der Waals surface area contributed by atoms with Gasteiger partial charge in [-0.1, -0.05) is 17.7 Å². The van der Waals surface area contributed by atoms with E-state index in [9.17, 15) is 4.79 Å². The highest BCUT2D eigenvalue weighted by atomic mass is 35.5. The van der Waals surface area contributed by atoms with Crippen LogP contribution in [0.1, 0.15) is 6.42 Å². The minimum absolute atomic E-state index is 0. The monoisotopic (exact) mass is 372 g/mol. The van der Waals surface area contributed by atoms with E-state index in [0.29, 0.717) is 0 Å². The van der Waals surface area contributed by atoms with Crippen LogP contribution in [-0.2, 0) is 4.79 Å². The summed E-state index contributed by atoms with van der Waals surface area (Å²) in [7, 11) is 0. The number of rotatable bonds is 6. The molecule has 2 aliphatic rings. The third-order valence-electron chi connectivity index (χ3n) is 4.65. The van der Waals surface area contributed by atoms with Gasteiger partial charge in [-0.3, -0.25) is 9.69 Å². The second kappa shape index (κ2) is 9.47. The van der Waals surface area contributed by atoms with Crippen molar-refractivity contribution in [1.82, 2.24) is 15.5 Å². The van der Waals surface area contributed by atoms with E-state index in [0.717, 1.165) is 63.8 Å². The fourth-order valence-corrected chi connectivity index (χ4v) is 3.22. The molecule has 1 amide bonds. The lowest BCUT2D eigenvalue weighted by atomic mass is 10.0. The second-order valence-electron chi connectivity index (χ2n) is 6.31. The highest BCUT2D eigenvalue weighted by molar-refractivity contribution is 6.30. The molecule has 1 aromatic rings. The van der Waals surface area contributed by atoms with Crippen molar-refractivity contribution in [2.75, 3.05) is 57.3 Å². The first-order valence-corrected chi connectivity index (χ1v) is 8.81. The van der Waals surface area contributed by atoms with E-state index in [1.807, 2.05) is 18.2 Å². The van der Waals surface area contributed by atoms with Crippen LogP contribution in [0.25, 0.3) is 0 Å². The average molecular weight is 373 g/mol. The number of piperazine rings is 1. The van der Waals surface area contributed by atoms with Crippen molar-refractivity contribution in [2.45, 2.75) is 6.42 Å². The standard InChI is InChI=1S/C17H25ClN4O.ClH/c18-15-3-1-4-16(11-15)22-9-7-21(8-10-22)6-2-5-20-17(23)14-12-19-13-14;/h1,3-4,11,14,19H,2,5-10,12-13H2,(H,20,23);1H. The maximum Gasteiger partial charge on any atom is 0.225 e.